The van der Waals surface area contributed by atoms with Gasteiger partial charge in [-0.1, -0.05) is 13.8 Å². The van der Waals surface area contributed by atoms with E-state index < -0.39 is 5.97 Å². The van der Waals surface area contributed by atoms with Gasteiger partial charge in [0.15, 0.2) is 0 Å². The molecule has 0 aromatic rings. The average molecular weight is 244 g/mol. The molecule has 0 heterocycles. The van der Waals surface area contributed by atoms with Gasteiger partial charge in [-0.3, -0.25) is 4.79 Å². The number of hydrogen-bond acceptors (Lipinski definition) is 2. The van der Waals surface area contributed by atoms with Crippen LogP contribution in [0.3, 0.4) is 0 Å². The molecule has 0 saturated heterocycles. The van der Waals surface area contributed by atoms with Gasteiger partial charge in [-0.05, 0) is 26.2 Å². The summed E-state index contributed by atoms with van der Waals surface area (Å²) in [7, 11) is 0. The standard InChI is InChI=1S/C12H24N2O3/c1-4-8-14(9-5-2)12(17)13-10(3)6-7-11(15)16/h10H,4-9H2,1-3H3,(H,13,17)(H,15,16). The molecule has 1 unspecified atom stereocenters. The van der Waals surface area contributed by atoms with Crippen LogP contribution in [-0.2, 0) is 4.79 Å². The van der Waals surface area contributed by atoms with Gasteiger partial charge in [0.2, 0.25) is 0 Å². The molecule has 0 saturated carbocycles. The SMILES string of the molecule is CCCN(CCC)C(=O)NC(C)CCC(=O)O. The molecule has 100 valence electrons. The van der Waals surface area contributed by atoms with Gasteiger partial charge in [-0.15, -0.1) is 0 Å². The topological polar surface area (TPSA) is 69.6 Å². The third kappa shape index (κ3) is 7.60. The minimum Gasteiger partial charge on any atom is -0.481 e. The average Bonchev–Trinajstić information content (AvgIpc) is 2.26. The highest BCUT2D eigenvalue weighted by Crippen LogP contribution is 2.00. The summed E-state index contributed by atoms with van der Waals surface area (Å²) in [6.07, 6.45) is 2.41. The van der Waals surface area contributed by atoms with Crippen LogP contribution in [0.2, 0.25) is 0 Å². The number of carbonyl (C=O) groups is 2. The first kappa shape index (κ1) is 15.7. The molecule has 0 aromatic carbocycles. The third-order valence-electron chi connectivity index (χ3n) is 2.44. The molecule has 5 nitrogen and oxygen atoms in total. The van der Waals surface area contributed by atoms with Crippen LogP contribution in [0.25, 0.3) is 0 Å². The van der Waals surface area contributed by atoms with Gasteiger partial charge in [0, 0.05) is 25.6 Å². The van der Waals surface area contributed by atoms with Gasteiger partial charge in [-0.2, -0.15) is 0 Å². The van der Waals surface area contributed by atoms with Crippen molar-refractivity contribution in [2.24, 2.45) is 0 Å². The van der Waals surface area contributed by atoms with Crippen LogP contribution in [0.1, 0.15) is 46.5 Å². The highest BCUT2D eigenvalue weighted by molar-refractivity contribution is 5.74. The predicted octanol–water partition coefficient (Wildman–Crippen LogP) is 2.07. The van der Waals surface area contributed by atoms with Gasteiger partial charge in [0.05, 0.1) is 0 Å². The molecule has 5 heteroatoms. The van der Waals surface area contributed by atoms with Crippen molar-refractivity contribution < 1.29 is 14.7 Å². The molecular formula is C12H24N2O3. The normalized spacial score (nSPS) is 11.9. The summed E-state index contributed by atoms with van der Waals surface area (Å²) in [4.78, 5) is 24.0. The largest absolute Gasteiger partial charge is 0.481 e. The maximum absolute atomic E-state index is 11.8. The Bertz CT molecular complexity index is 238. The van der Waals surface area contributed by atoms with E-state index in [0.717, 1.165) is 25.9 Å². The number of nitrogens with one attached hydrogen (secondary N) is 1. The van der Waals surface area contributed by atoms with Crippen LogP contribution in [0, 0.1) is 0 Å². The van der Waals surface area contributed by atoms with Crippen LogP contribution >= 0.6 is 0 Å². The second-order valence-corrected chi connectivity index (χ2v) is 4.27. The molecule has 17 heavy (non-hydrogen) atoms. The van der Waals surface area contributed by atoms with Crippen molar-refractivity contribution in [3.8, 4) is 0 Å². The van der Waals surface area contributed by atoms with E-state index in [4.69, 9.17) is 5.11 Å². The Hall–Kier alpha value is -1.26. The molecule has 0 aliphatic carbocycles. The quantitative estimate of drug-likeness (QED) is 0.686. The first-order valence-electron chi connectivity index (χ1n) is 6.28. The van der Waals surface area contributed by atoms with E-state index in [1.807, 2.05) is 20.8 Å². The Balaban J connectivity index is 4.05. The van der Waals surface area contributed by atoms with E-state index in [9.17, 15) is 9.59 Å². The monoisotopic (exact) mass is 244 g/mol. The Morgan fingerprint density at radius 2 is 1.76 bits per heavy atom. The molecule has 0 aliphatic rings. The van der Waals surface area contributed by atoms with Gasteiger partial charge < -0.3 is 15.3 Å². The molecule has 0 radical (unpaired) electrons. The zero-order chi connectivity index (χ0) is 13.3. The van der Waals surface area contributed by atoms with Gasteiger partial charge >= 0.3 is 12.0 Å². The number of nitrogens with zero attached hydrogens (tertiary/aromatic N) is 1. The molecule has 2 N–H and O–H groups in total. The second-order valence-electron chi connectivity index (χ2n) is 4.27. The fourth-order valence-corrected chi connectivity index (χ4v) is 1.57. The number of aliphatic carboxylic acids is 1. The fraction of sp³-hybridized carbons (Fsp3) is 0.833. The summed E-state index contributed by atoms with van der Waals surface area (Å²) in [5.74, 6) is -0.829. The van der Waals surface area contributed by atoms with Crippen molar-refractivity contribution in [3.05, 3.63) is 0 Å². The third-order valence-corrected chi connectivity index (χ3v) is 2.44. The Kier molecular flexibility index (Phi) is 8.19. The Labute approximate surface area is 103 Å². The Morgan fingerprint density at radius 1 is 1.24 bits per heavy atom. The van der Waals surface area contributed by atoms with Crippen LogP contribution in [0.5, 0.6) is 0 Å². The zero-order valence-electron chi connectivity index (χ0n) is 11.0. The zero-order valence-corrected chi connectivity index (χ0v) is 11.0. The summed E-state index contributed by atoms with van der Waals surface area (Å²) in [5, 5.41) is 11.4. The highest BCUT2D eigenvalue weighted by atomic mass is 16.4. The summed E-state index contributed by atoms with van der Waals surface area (Å²) in [6, 6.07) is -0.193. The Morgan fingerprint density at radius 3 is 2.18 bits per heavy atom. The number of rotatable bonds is 8. The van der Waals surface area contributed by atoms with Crippen molar-refractivity contribution in [1.82, 2.24) is 10.2 Å². The second kappa shape index (κ2) is 8.84. The molecule has 0 spiro atoms. The van der Waals surface area contributed by atoms with Crippen molar-refractivity contribution in [1.29, 1.82) is 0 Å². The molecule has 0 aliphatic heterocycles. The van der Waals surface area contributed by atoms with Crippen LogP contribution < -0.4 is 5.32 Å². The lowest BCUT2D eigenvalue weighted by Gasteiger charge is -2.24. The van der Waals surface area contributed by atoms with E-state index in [-0.39, 0.29) is 18.5 Å². The van der Waals surface area contributed by atoms with Gasteiger partial charge in [0.1, 0.15) is 0 Å². The van der Waals surface area contributed by atoms with E-state index in [1.54, 1.807) is 4.90 Å². The van der Waals surface area contributed by atoms with E-state index >= 15 is 0 Å². The number of amides is 2. The van der Waals surface area contributed by atoms with Crippen molar-refractivity contribution >= 4 is 12.0 Å². The van der Waals surface area contributed by atoms with Crippen LogP contribution in [0.4, 0.5) is 4.79 Å². The summed E-state index contributed by atoms with van der Waals surface area (Å²) in [5.41, 5.74) is 0. The minimum absolute atomic E-state index is 0.0863. The van der Waals surface area contributed by atoms with Gasteiger partial charge in [0.25, 0.3) is 0 Å². The van der Waals surface area contributed by atoms with Crippen molar-refractivity contribution in [3.63, 3.8) is 0 Å². The van der Waals surface area contributed by atoms with Crippen molar-refractivity contribution in [2.75, 3.05) is 13.1 Å². The minimum atomic E-state index is -0.829. The fourth-order valence-electron chi connectivity index (χ4n) is 1.57. The summed E-state index contributed by atoms with van der Waals surface area (Å²) < 4.78 is 0. The van der Waals surface area contributed by atoms with Gasteiger partial charge in [-0.25, -0.2) is 4.79 Å². The molecular weight excluding hydrogens is 220 g/mol. The number of carboxylic acids is 1. The van der Waals surface area contributed by atoms with E-state index in [2.05, 4.69) is 5.32 Å². The molecule has 0 aromatic heterocycles. The highest BCUT2D eigenvalue weighted by Gasteiger charge is 2.14. The lowest BCUT2D eigenvalue weighted by molar-refractivity contribution is -0.137. The van der Waals surface area contributed by atoms with Crippen molar-refractivity contribution in [2.45, 2.75) is 52.5 Å². The maximum Gasteiger partial charge on any atom is 0.317 e. The smallest absolute Gasteiger partial charge is 0.317 e. The lowest BCUT2D eigenvalue weighted by Crippen LogP contribution is -2.44. The molecule has 2 amide bonds. The number of hydrogen-bond donors (Lipinski definition) is 2. The first-order valence-corrected chi connectivity index (χ1v) is 6.28. The van der Waals surface area contributed by atoms with E-state index in [0.29, 0.717) is 6.42 Å². The lowest BCUT2D eigenvalue weighted by atomic mass is 10.2. The summed E-state index contributed by atoms with van der Waals surface area (Å²) in [6.45, 7) is 7.38. The molecule has 1 atom stereocenters. The van der Waals surface area contributed by atoms with Crippen LogP contribution in [-0.4, -0.2) is 41.1 Å². The number of carbonyl (C=O) groups excluding carboxylic acids is 1. The first-order chi connectivity index (χ1) is 8.01. The molecule has 0 bridgehead atoms. The van der Waals surface area contributed by atoms with Crippen LogP contribution in [0.15, 0.2) is 0 Å². The number of urea groups is 1. The summed E-state index contributed by atoms with van der Waals surface area (Å²) >= 11 is 0. The molecule has 0 fully saturated rings. The van der Waals surface area contributed by atoms with E-state index in [1.165, 1.54) is 0 Å². The molecule has 0 rings (SSSR count). The predicted molar refractivity (Wildman–Crippen MR) is 67.0 cm³/mol. The number of carboxylic acid groups (broad SMARTS) is 1. The maximum atomic E-state index is 11.8.